The average molecular weight is 238 g/mol. The lowest BCUT2D eigenvalue weighted by Crippen LogP contribution is -2.13. The van der Waals surface area contributed by atoms with Crippen molar-refractivity contribution in [1.82, 2.24) is 9.97 Å². The molecule has 0 aromatic carbocycles. The van der Waals surface area contributed by atoms with Crippen molar-refractivity contribution in [3.05, 3.63) is 11.4 Å². The summed E-state index contributed by atoms with van der Waals surface area (Å²) in [6, 6.07) is 0. The first-order valence-corrected chi connectivity index (χ1v) is 6.07. The Hall–Kier alpha value is -1.36. The zero-order valence-corrected chi connectivity index (χ0v) is 10.9. The fourth-order valence-electron chi connectivity index (χ4n) is 1.41. The predicted octanol–water partition coefficient (Wildman–Crippen LogP) is 1.90. The van der Waals surface area contributed by atoms with Gasteiger partial charge < -0.3 is 15.8 Å². The summed E-state index contributed by atoms with van der Waals surface area (Å²) >= 11 is 0. The van der Waals surface area contributed by atoms with Crippen molar-refractivity contribution < 1.29 is 4.74 Å². The van der Waals surface area contributed by atoms with Crippen LogP contribution in [0.2, 0.25) is 0 Å². The third kappa shape index (κ3) is 4.56. The fourth-order valence-corrected chi connectivity index (χ4v) is 1.41. The van der Waals surface area contributed by atoms with Crippen molar-refractivity contribution in [2.45, 2.75) is 33.6 Å². The SMILES string of the molecule is CCCCOCCNc1nc(C)nc(N)c1C. The van der Waals surface area contributed by atoms with Crippen molar-refractivity contribution in [2.75, 3.05) is 30.8 Å². The van der Waals surface area contributed by atoms with Gasteiger partial charge in [0.25, 0.3) is 0 Å². The number of aromatic nitrogens is 2. The molecule has 0 amide bonds. The molecular weight excluding hydrogens is 216 g/mol. The number of hydrogen-bond donors (Lipinski definition) is 2. The maximum Gasteiger partial charge on any atom is 0.134 e. The molecule has 3 N–H and O–H groups in total. The maximum atomic E-state index is 5.77. The van der Waals surface area contributed by atoms with Gasteiger partial charge >= 0.3 is 0 Å². The van der Waals surface area contributed by atoms with E-state index >= 15 is 0 Å². The molecule has 1 aromatic heterocycles. The maximum absolute atomic E-state index is 5.77. The molecule has 0 aliphatic rings. The second-order valence-corrected chi connectivity index (χ2v) is 4.02. The summed E-state index contributed by atoms with van der Waals surface area (Å²) in [6.45, 7) is 8.14. The van der Waals surface area contributed by atoms with Crippen LogP contribution >= 0.6 is 0 Å². The molecule has 0 fully saturated rings. The van der Waals surface area contributed by atoms with Gasteiger partial charge in [-0.25, -0.2) is 9.97 Å². The second-order valence-electron chi connectivity index (χ2n) is 4.02. The van der Waals surface area contributed by atoms with E-state index in [1.54, 1.807) is 0 Å². The predicted molar refractivity (Wildman–Crippen MR) is 70.1 cm³/mol. The van der Waals surface area contributed by atoms with Gasteiger partial charge in [-0.1, -0.05) is 13.3 Å². The molecule has 1 heterocycles. The van der Waals surface area contributed by atoms with Gasteiger partial charge in [-0.2, -0.15) is 0 Å². The second kappa shape index (κ2) is 7.06. The number of unbranched alkanes of at least 4 members (excludes halogenated alkanes) is 1. The van der Waals surface area contributed by atoms with Crippen molar-refractivity contribution in [3.63, 3.8) is 0 Å². The number of nitrogens with zero attached hydrogens (tertiary/aromatic N) is 2. The third-order valence-corrected chi connectivity index (χ3v) is 2.48. The average Bonchev–Trinajstić information content (AvgIpc) is 2.29. The molecule has 17 heavy (non-hydrogen) atoms. The van der Waals surface area contributed by atoms with Crippen LogP contribution < -0.4 is 11.1 Å². The number of nitrogen functional groups attached to an aromatic ring is 1. The van der Waals surface area contributed by atoms with E-state index < -0.39 is 0 Å². The lowest BCUT2D eigenvalue weighted by molar-refractivity contribution is 0.141. The van der Waals surface area contributed by atoms with E-state index in [2.05, 4.69) is 22.2 Å². The summed E-state index contributed by atoms with van der Waals surface area (Å²) in [6.07, 6.45) is 2.27. The molecule has 0 bridgehead atoms. The first-order chi connectivity index (χ1) is 8.15. The van der Waals surface area contributed by atoms with Crippen molar-refractivity contribution >= 4 is 11.6 Å². The number of anilines is 2. The highest BCUT2D eigenvalue weighted by atomic mass is 16.5. The molecule has 96 valence electrons. The van der Waals surface area contributed by atoms with Gasteiger partial charge in [0.05, 0.1) is 6.61 Å². The van der Waals surface area contributed by atoms with Crippen LogP contribution in [0, 0.1) is 13.8 Å². The Bertz CT molecular complexity index is 355. The van der Waals surface area contributed by atoms with E-state index in [1.807, 2.05) is 13.8 Å². The highest BCUT2D eigenvalue weighted by molar-refractivity contribution is 5.54. The molecule has 0 unspecified atom stereocenters. The molecule has 0 atom stereocenters. The summed E-state index contributed by atoms with van der Waals surface area (Å²) in [5.74, 6) is 2.02. The Morgan fingerprint density at radius 2 is 2.00 bits per heavy atom. The molecular formula is C12H22N4O. The number of rotatable bonds is 7. The summed E-state index contributed by atoms with van der Waals surface area (Å²) < 4.78 is 5.46. The van der Waals surface area contributed by atoms with Crippen LogP contribution in [0.15, 0.2) is 0 Å². The Balaban J connectivity index is 2.36. The summed E-state index contributed by atoms with van der Waals surface area (Å²) in [7, 11) is 0. The monoisotopic (exact) mass is 238 g/mol. The first-order valence-electron chi connectivity index (χ1n) is 6.07. The van der Waals surface area contributed by atoms with Gasteiger partial charge in [0.15, 0.2) is 0 Å². The summed E-state index contributed by atoms with van der Waals surface area (Å²) in [5.41, 5.74) is 6.66. The van der Waals surface area contributed by atoms with E-state index in [-0.39, 0.29) is 0 Å². The number of hydrogen-bond acceptors (Lipinski definition) is 5. The molecule has 0 saturated heterocycles. The van der Waals surface area contributed by atoms with Gasteiger partial charge in [0.1, 0.15) is 17.5 Å². The van der Waals surface area contributed by atoms with E-state index in [4.69, 9.17) is 10.5 Å². The van der Waals surface area contributed by atoms with Crippen LogP contribution in [-0.2, 0) is 4.74 Å². The van der Waals surface area contributed by atoms with Crippen LogP contribution in [0.25, 0.3) is 0 Å². The van der Waals surface area contributed by atoms with E-state index in [9.17, 15) is 0 Å². The van der Waals surface area contributed by atoms with Gasteiger partial charge in [-0.05, 0) is 20.3 Å². The number of nitrogens with one attached hydrogen (secondary N) is 1. The largest absolute Gasteiger partial charge is 0.383 e. The van der Waals surface area contributed by atoms with E-state index in [0.717, 1.165) is 37.4 Å². The number of nitrogens with two attached hydrogens (primary N) is 1. The normalized spacial score (nSPS) is 10.5. The highest BCUT2D eigenvalue weighted by Gasteiger charge is 2.05. The zero-order chi connectivity index (χ0) is 12.7. The lowest BCUT2D eigenvalue weighted by atomic mass is 10.3. The quantitative estimate of drug-likeness (QED) is 0.710. The van der Waals surface area contributed by atoms with E-state index in [1.165, 1.54) is 0 Å². The van der Waals surface area contributed by atoms with Crippen LogP contribution in [0.5, 0.6) is 0 Å². The molecule has 0 radical (unpaired) electrons. The topological polar surface area (TPSA) is 73.1 Å². The molecule has 0 aliphatic heterocycles. The van der Waals surface area contributed by atoms with Crippen molar-refractivity contribution in [2.24, 2.45) is 0 Å². The van der Waals surface area contributed by atoms with Crippen LogP contribution in [0.1, 0.15) is 31.2 Å². The minimum absolute atomic E-state index is 0.534. The van der Waals surface area contributed by atoms with Gasteiger partial charge in [0.2, 0.25) is 0 Å². The summed E-state index contributed by atoms with van der Waals surface area (Å²) in [5, 5.41) is 3.22. The smallest absolute Gasteiger partial charge is 0.134 e. The Morgan fingerprint density at radius 1 is 1.24 bits per heavy atom. The fraction of sp³-hybridized carbons (Fsp3) is 0.667. The Labute approximate surface area is 103 Å². The Morgan fingerprint density at radius 3 is 2.71 bits per heavy atom. The third-order valence-electron chi connectivity index (χ3n) is 2.48. The lowest BCUT2D eigenvalue weighted by Gasteiger charge is -2.10. The molecule has 0 saturated carbocycles. The minimum Gasteiger partial charge on any atom is -0.383 e. The van der Waals surface area contributed by atoms with Gasteiger partial charge in [0, 0.05) is 18.7 Å². The number of aryl methyl sites for hydroxylation is 1. The molecule has 5 heteroatoms. The molecule has 1 rings (SSSR count). The van der Waals surface area contributed by atoms with Crippen LogP contribution in [-0.4, -0.2) is 29.7 Å². The van der Waals surface area contributed by atoms with Crippen molar-refractivity contribution in [1.29, 1.82) is 0 Å². The van der Waals surface area contributed by atoms with Crippen molar-refractivity contribution in [3.8, 4) is 0 Å². The Kier molecular flexibility index (Phi) is 5.69. The number of ether oxygens (including phenoxy) is 1. The van der Waals surface area contributed by atoms with Crippen LogP contribution in [0.4, 0.5) is 11.6 Å². The molecule has 1 aromatic rings. The van der Waals surface area contributed by atoms with Crippen LogP contribution in [0.3, 0.4) is 0 Å². The highest BCUT2D eigenvalue weighted by Crippen LogP contribution is 2.16. The zero-order valence-electron chi connectivity index (χ0n) is 10.9. The summed E-state index contributed by atoms with van der Waals surface area (Å²) in [4.78, 5) is 8.41. The minimum atomic E-state index is 0.534. The molecule has 0 spiro atoms. The van der Waals surface area contributed by atoms with Gasteiger partial charge in [-0.3, -0.25) is 0 Å². The molecule has 5 nitrogen and oxygen atoms in total. The van der Waals surface area contributed by atoms with E-state index in [0.29, 0.717) is 18.2 Å². The van der Waals surface area contributed by atoms with Gasteiger partial charge in [-0.15, -0.1) is 0 Å². The molecule has 0 aliphatic carbocycles. The first kappa shape index (κ1) is 13.7. The standard InChI is InChI=1S/C12H22N4O/c1-4-5-7-17-8-6-14-12-9(2)11(13)15-10(3)16-12/h4-8H2,1-3H3,(H3,13,14,15,16).